The van der Waals surface area contributed by atoms with Gasteiger partial charge in [0.1, 0.15) is 0 Å². The number of carbonyl (C=O) groups excluding carboxylic acids is 1. The Morgan fingerprint density at radius 2 is 2.10 bits per heavy atom. The van der Waals surface area contributed by atoms with Gasteiger partial charge in [-0.25, -0.2) is 0 Å². The zero-order chi connectivity index (χ0) is 15.2. The Labute approximate surface area is 133 Å². The molecule has 21 heavy (non-hydrogen) atoms. The van der Waals surface area contributed by atoms with Crippen LogP contribution in [0.4, 0.5) is 11.4 Å². The number of hydrogen-bond donors (Lipinski definition) is 2. The minimum atomic E-state index is -0.138. The van der Waals surface area contributed by atoms with Gasteiger partial charge in [-0.15, -0.1) is 0 Å². The maximum absolute atomic E-state index is 12.4. The Hall–Kier alpha value is -1.88. The van der Waals surface area contributed by atoms with Gasteiger partial charge >= 0.3 is 0 Å². The third-order valence-electron chi connectivity index (χ3n) is 3.07. The van der Waals surface area contributed by atoms with Crippen molar-refractivity contribution in [1.29, 1.82) is 0 Å². The van der Waals surface area contributed by atoms with E-state index < -0.39 is 0 Å². The van der Waals surface area contributed by atoms with Crippen LogP contribution in [0.3, 0.4) is 0 Å². The lowest BCUT2D eigenvalue weighted by molar-refractivity contribution is 0.102. The maximum atomic E-state index is 12.4. The predicted octanol–water partition coefficient (Wildman–Crippen LogP) is 4.23. The number of rotatable bonds is 5. The molecule has 0 radical (unpaired) electrons. The highest BCUT2D eigenvalue weighted by atomic mass is 79.9. The molecule has 0 unspecified atom stereocenters. The van der Waals surface area contributed by atoms with E-state index in [0.717, 1.165) is 34.4 Å². The van der Waals surface area contributed by atoms with E-state index in [1.54, 1.807) is 18.5 Å². The lowest BCUT2D eigenvalue weighted by atomic mass is 10.1. The van der Waals surface area contributed by atoms with Crippen molar-refractivity contribution < 1.29 is 4.79 Å². The number of nitrogens with zero attached hydrogens (tertiary/aromatic N) is 1. The summed E-state index contributed by atoms with van der Waals surface area (Å²) in [6, 6.07) is 7.49. The smallest absolute Gasteiger partial charge is 0.257 e. The molecule has 0 bridgehead atoms. The first-order valence-electron chi connectivity index (χ1n) is 6.87. The number of benzene rings is 1. The zero-order valence-electron chi connectivity index (χ0n) is 12.1. The lowest BCUT2D eigenvalue weighted by Crippen LogP contribution is -2.16. The number of aryl methyl sites for hydroxylation is 1. The second-order valence-corrected chi connectivity index (χ2v) is 5.68. The molecule has 1 aromatic carbocycles. The Kier molecular flexibility index (Phi) is 5.33. The summed E-state index contributed by atoms with van der Waals surface area (Å²) in [5, 5.41) is 6.17. The summed E-state index contributed by atoms with van der Waals surface area (Å²) < 4.78 is 0.993. The monoisotopic (exact) mass is 347 g/mol. The number of anilines is 2. The highest BCUT2D eigenvalue weighted by molar-refractivity contribution is 9.10. The largest absolute Gasteiger partial charge is 0.383 e. The Balaban J connectivity index is 2.20. The maximum Gasteiger partial charge on any atom is 0.257 e. The lowest BCUT2D eigenvalue weighted by Gasteiger charge is -2.12. The van der Waals surface area contributed by atoms with E-state index in [2.05, 4.69) is 38.5 Å². The summed E-state index contributed by atoms with van der Waals surface area (Å²) in [4.78, 5) is 16.5. The van der Waals surface area contributed by atoms with Gasteiger partial charge in [0.15, 0.2) is 0 Å². The van der Waals surface area contributed by atoms with Crippen molar-refractivity contribution in [2.24, 2.45) is 0 Å². The van der Waals surface area contributed by atoms with E-state index in [1.165, 1.54) is 0 Å². The number of nitrogens with one attached hydrogen (secondary N) is 2. The summed E-state index contributed by atoms with van der Waals surface area (Å²) in [5.41, 5.74) is 3.17. The fourth-order valence-corrected chi connectivity index (χ4v) is 2.43. The van der Waals surface area contributed by atoms with Crippen LogP contribution in [-0.2, 0) is 0 Å². The topological polar surface area (TPSA) is 54.0 Å². The molecule has 0 atom stereocenters. The number of amides is 1. The van der Waals surface area contributed by atoms with Gasteiger partial charge < -0.3 is 10.6 Å². The Morgan fingerprint density at radius 3 is 2.81 bits per heavy atom. The zero-order valence-corrected chi connectivity index (χ0v) is 13.7. The molecule has 2 aromatic rings. The van der Waals surface area contributed by atoms with Crippen LogP contribution < -0.4 is 10.6 Å². The van der Waals surface area contributed by atoms with Crippen molar-refractivity contribution >= 4 is 33.2 Å². The van der Waals surface area contributed by atoms with E-state index in [0.29, 0.717) is 5.56 Å². The van der Waals surface area contributed by atoms with Crippen LogP contribution >= 0.6 is 15.9 Å². The van der Waals surface area contributed by atoms with Crippen LogP contribution in [0.5, 0.6) is 0 Å². The van der Waals surface area contributed by atoms with Crippen molar-refractivity contribution in [2.75, 3.05) is 17.2 Å². The molecule has 1 amide bonds. The molecule has 1 aromatic heterocycles. The molecule has 0 fully saturated rings. The summed E-state index contributed by atoms with van der Waals surface area (Å²) in [5.74, 6) is -0.138. The van der Waals surface area contributed by atoms with E-state index >= 15 is 0 Å². The number of halogens is 1. The quantitative estimate of drug-likeness (QED) is 0.850. The standard InChI is InChI=1S/C16H18BrN3O/c1-3-7-19-15-10-18-8-6-13(15)16(21)20-14-5-4-12(17)9-11(14)2/h4-6,8-10,19H,3,7H2,1-2H3,(H,20,21). The highest BCUT2D eigenvalue weighted by Gasteiger charge is 2.12. The molecule has 2 rings (SSSR count). The van der Waals surface area contributed by atoms with Crippen molar-refractivity contribution in [3.63, 3.8) is 0 Å². The SMILES string of the molecule is CCCNc1cnccc1C(=O)Nc1ccc(Br)cc1C. The number of pyridine rings is 1. The van der Waals surface area contributed by atoms with Gasteiger partial charge in [0.2, 0.25) is 0 Å². The van der Waals surface area contributed by atoms with Crippen molar-refractivity contribution in [3.8, 4) is 0 Å². The second-order valence-electron chi connectivity index (χ2n) is 4.76. The molecule has 110 valence electrons. The molecule has 4 nitrogen and oxygen atoms in total. The molecule has 0 aliphatic rings. The highest BCUT2D eigenvalue weighted by Crippen LogP contribution is 2.22. The first kappa shape index (κ1) is 15.5. The van der Waals surface area contributed by atoms with E-state index in [9.17, 15) is 4.79 Å². The molecule has 2 N–H and O–H groups in total. The van der Waals surface area contributed by atoms with Crippen molar-refractivity contribution in [1.82, 2.24) is 4.98 Å². The molecular formula is C16H18BrN3O. The summed E-state index contributed by atoms with van der Waals surface area (Å²) >= 11 is 3.42. The normalized spacial score (nSPS) is 10.2. The fourth-order valence-electron chi connectivity index (χ4n) is 1.95. The van der Waals surface area contributed by atoms with Gasteiger partial charge in [0.25, 0.3) is 5.91 Å². The van der Waals surface area contributed by atoms with E-state index in [-0.39, 0.29) is 5.91 Å². The number of hydrogen-bond acceptors (Lipinski definition) is 3. The number of carbonyl (C=O) groups is 1. The molecule has 0 saturated heterocycles. The van der Waals surface area contributed by atoms with Gasteiger partial charge in [-0.1, -0.05) is 22.9 Å². The van der Waals surface area contributed by atoms with Crippen LogP contribution in [0, 0.1) is 6.92 Å². The first-order valence-corrected chi connectivity index (χ1v) is 7.66. The fraction of sp³-hybridized carbons (Fsp3) is 0.250. The molecule has 0 aliphatic carbocycles. The average molecular weight is 348 g/mol. The molecule has 0 saturated carbocycles. The van der Waals surface area contributed by atoms with Crippen LogP contribution in [0.2, 0.25) is 0 Å². The molecule has 5 heteroatoms. The summed E-state index contributed by atoms with van der Waals surface area (Å²) in [6.07, 6.45) is 4.29. The third kappa shape index (κ3) is 4.04. The average Bonchev–Trinajstić information content (AvgIpc) is 2.48. The van der Waals surface area contributed by atoms with Gasteiger partial charge in [0.05, 0.1) is 17.4 Å². The number of aromatic nitrogens is 1. The Morgan fingerprint density at radius 1 is 1.29 bits per heavy atom. The van der Waals surface area contributed by atoms with Crippen LogP contribution in [0.25, 0.3) is 0 Å². The molecular weight excluding hydrogens is 330 g/mol. The van der Waals surface area contributed by atoms with Gasteiger partial charge in [-0.3, -0.25) is 9.78 Å². The van der Waals surface area contributed by atoms with Gasteiger partial charge in [-0.2, -0.15) is 0 Å². The van der Waals surface area contributed by atoms with Crippen LogP contribution in [0.15, 0.2) is 41.1 Å². The van der Waals surface area contributed by atoms with Crippen molar-refractivity contribution in [2.45, 2.75) is 20.3 Å². The van der Waals surface area contributed by atoms with Crippen LogP contribution in [0.1, 0.15) is 29.3 Å². The molecule has 0 spiro atoms. The predicted molar refractivity (Wildman–Crippen MR) is 89.8 cm³/mol. The van der Waals surface area contributed by atoms with Gasteiger partial charge in [0, 0.05) is 22.9 Å². The third-order valence-corrected chi connectivity index (χ3v) is 3.56. The van der Waals surface area contributed by atoms with E-state index in [1.807, 2.05) is 25.1 Å². The Bertz CT molecular complexity index is 643. The molecule has 1 heterocycles. The first-order chi connectivity index (χ1) is 10.1. The van der Waals surface area contributed by atoms with E-state index in [4.69, 9.17) is 0 Å². The molecule has 0 aliphatic heterocycles. The van der Waals surface area contributed by atoms with Crippen LogP contribution in [-0.4, -0.2) is 17.4 Å². The minimum Gasteiger partial charge on any atom is -0.383 e. The summed E-state index contributed by atoms with van der Waals surface area (Å²) in [7, 11) is 0. The second kappa shape index (κ2) is 7.22. The van der Waals surface area contributed by atoms with Gasteiger partial charge in [-0.05, 0) is 43.2 Å². The summed E-state index contributed by atoms with van der Waals surface area (Å²) in [6.45, 7) is 4.85. The minimum absolute atomic E-state index is 0.138. The van der Waals surface area contributed by atoms with Crippen molar-refractivity contribution in [3.05, 3.63) is 52.3 Å².